The molecule has 1 fully saturated rings. The van der Waals surface area contributed by atoms with Crippen LogP contribution in [0.5, 0.6) is 11.5 Å². The predicted octanol–water partition coefficient (Wildman–Crippen LogP) is 4.99. The van der Waals surface area contributed by atoms with Crippen molar-refractivity contribution in [1.29, 1.82) is 0 Å². The van der Waals surface area contributed by atoms with E-state index < -0.39 is 17.7 Å². The highest BCUT2D eigenvalue weighted by molar-refractivity contribution is 6.51. The normalized spacial score (nSPS) is 17.6. The summed E-state index contributed by atoms with van der Waals surface area (Å²) < 4.78 is 5.21. The number of benzene rings is 3. The summed E-state index contributed by atoms with van der Waals surface area (Å²) in [4.78, 5) is 27.6. The molecule has 4 rings (SSSR count). The molecule has 0 bridgehead atoms. The summed E-state index contributed by atoms with van der Waals surface area (Å²) in [5.41, 5.74) is 2.15. The van der Waals surface area contributed by atoms with Crippen molar-refractivity contribution >= 4 is 34.7 Å². The number of amides is 1. The topological polar surface area (TPSA) is 87.1 Å². The van der Waals surface area contributed by atoms with Gasteiger partial charge in [-0.05, 0) is 55.0 Å². The molecule has 6 nitrogen and oxygen atoms in total. The van der Waals surface area contributed by atoms with Gasteiger partial charge in [0.2, 0.25) is 0 Å². The molecule has 0 aliphatic carbocycles. The van der Waals surface area contributed by atoms with Crippen molar-refractivity contribution < 1.29 is 24.5 Å². The summed E-state index contributed by atoms with van der Waals surface area (Å²) in [7, 11) is 1.44. The van der Waals surface area contributed by atoms with Crippen LogP contribution in [0.4, 0.5) is 5.69 Å². The Hall–Kier alpha value is -3.77. The quantitative estimate of drug-likeness (QED) is 0.333. The number of methoxy groups -OCH3 is 1. The fourth-order valence-electron chi connectivity index (χ4n) is 3.78. The molecular formula is C25H20ClNO5. The molecule has 1 aliphatic rings. The molecule has 0 saturated carbocycles. The minimum Gasteiger partial charge on any atom is -0.508 e. The number of carbonyl (C=O) groups is 2. The number of phenols is 1. The van der Waals surface area contributed by atoms with E-state index in [1.54, 1.807) is 30.3 Å². The van der Waals surface area contributed by atoms with Gasteiger partial charge in [0.1, 0.15) is 17.3 Å². The van der Waals surface area contributed by atoms with Crippen LogP contribution in [0.3, 0.4) is 0 Å². The van der Waals surface area contributed by atoms with Crippen molar-refractivity contribution in [3.05, 3.63) is 94.0 Å². The van der Waals surface area contributed by atoms with Gasteiger partial charge in [-0.3, -0.25) is 14.5 Å². The van der Waals surface area contributed by atoms with Crippen LogP contribution in [0, 0.1) is 6.92 Å². The molecule has 1 aliphatic heterocycles. The van der Waals surface area contributed by atoms with Crippen LogP contribution in [0.15, 0.2) is 72.3 Å². The van der Waals surface area contributed by atoms with Crippen LogP contribution >= 0.6 is 11.6 Å². The Morgan fingerprint density at radius 3 is 2.41 bits per heavy atom. The number of carbonyl (C=O) groups excluding carboxylic acids is 2. The van der Waals surface area contributed by atoms with Crippen molar-refractivity contribution in [3.63, 3.8) is 0 Å². The van der Waals surface area contributed by atoms with Gasteiger partial charge in [-0.25, -0.2) is 0 Å². The van der Waals surface area contributed by atoms with E-state index in [-0.39, 0.29) is 22.6 Å². The van der Waals surface area contributed by atoms with Crippen LogP contribution in [0.25, 0.3) is 5.76 Å². The Morgan fingerprint density at radius 1 is 1.03 bits per heavy atom. The fraction of sp³-hybridized carbons (Fsp3) is 0.120. The van der Waals surface area contributed by atoms with Gasteiger partial charge in [-0.2, -0.15) is 0 Å². The summed E-state index contributed by atoms with van der Waals surface area (Å²) in [6.07, 6.45) is 0. The van der Waals surface area contributed by atoms with E-state index in [9.17, 15) is 19.8 Å². The zero-order valence-electron chi connectivity index (χ0n) is 17.4. The first-order chi connectivity index (χ1) is 15.3. The Bertz CT molecular complexity index is 1250. The van der Waals surface area contributed by atoms with Gasteiger partial charge in [-0.15, -0.1) is 0 Å². The third-order valence-corrected chi connectivity index (χ3v) is 5.68. The lowest BCUT2D eigenvalue weighted by Crippen LogP contribution is -2.29. The molecule has 1 heterocycles. The molecule has 1 unspecified atom stereocenters. The summed E-state index contributed by atoms with van der Waals surface area (Å²) in [6, 6.07) is 17.0. The number of Topliss-reactive ketones (excluding diaryl/α,β-unsaturated/α-hetero) is 1. The third kappa shape index (κ3) is 3.69. The molecule has 1 atom stereocenters. The molecule has 1 saturated heterocycles. The molecule has 3 aromatic carbocycles. The van der Waals surface area contributed by atoms with Crippen molar-refractivity contribution in [2.24, 2.45) is 0 Å². The average molecular weight is 450 g/mol. The van der Waals surface area contributed by atoms with Crippen LogP contribution in [0.2, 0.25) is 5.02 Å². The Morgan fingerprint density at radius 2 is 1.75 bits per heavy atom. The first-order valence-electron chi connectivity index (χ1n) is 9.82. The summed E-state index contributed by atoms with van der Waals surface area (Å²) in [5, 5.41) is 21.5. The lowest BCUT2D eigenvalue weighted by atomic mass is 9.95. The maximum Gasteiger partial charge on any atom is 0.300 e. The number of nitrogens with zero attached hydrogens (tertiary/aromatic N) is 1. The van der Waals surface area contributed by atoms with E-state index in [4.69, 9.17) is 16.3 Å². The molecule has 0 spiro atoms. The van der Waals surface area contributed by atoms with Crippen LogP contribution in [0.1, 0.15) is 22.7 Å². The largest absolute Gasteiger partial charge is 0.508 e. The fourth-order valence-corrected chi connectivity index (χ4v) is 3.97. The van der Waals surface area contributed by atoms with Crippen LogP contribution in [-0.4, -0.2) is 29.0 Å². The Labute approximate surface area is 189 Å². The first kappa shape index (κ1) is 21.5. The van der Waals surface area contributed by atoms with Crippen molar-refractivity contribution in [2.75, 3.05) is 12.0 Å². The monoisotopic (exact) mass is 449 g/mol. The zero-order valence-corrected chi connectivity index (χ0v) is 18.1. The number of hydrogen-bond acceptors (Lipinski definition) is 5. The zero-order chi connectivity index (χ0) is 23.0. The molecule has 0 radical (unpaired) electrons. The molecular weight excluding hydrogens is 430 g/mol. The van der Waals surface area contributed by atoms with E-state index in [0.717, 1.165) is 5.56 Å². The summed E-state index contributed by atoms with van der Waals surface area (Å²) in [5.74, 6) is -1.67. The second-order valence-electron chi connectivity index (χ2n) is 7.45. The maximum atomic E-state index is 13.1. The Balaban J connectivity index is 1.95. The molecule has 32 heavy (non-hydrogen) atoms. The predicted molar refractivity (Wildman–Crippen MR) is 122 cm³/mol. The highest BCUT2D eigenvalue weighted by Gasteiger charge is 2.47. The molecule has 162 valence electrons. The smallest absolute Gasteiger partial charge is 0.300 e. The SMILES string of the molecule is COc1cc(/C(O)=C2/C(=O)C(=O)N(c3ccc(C)cc3)C2c2cccc(O)c2)ccc1Cl. The first-order valence-corrected chi connectivity index (χ1v) is 10.2. The molecule has 3 aromatic rings. The van der Waals surface area contributed by atoms with E-state index in [1.165, 1.54) is 36.3 Å². The molecule has 1 amide bonds. The van der Waals surface area contributed by atoms with Gasteiger partial charge in [0.15, 0.2) is 0 Å². The van der Waals surface area contributed by atoms with Gasteiger partial charge in [0.05, 0.1) is 23.7 Å². The number of aryl methyl sites for hydroxylation is 1. The van der Waals surface area contributed by atoms with Gasteiger partial charge < -0.3 is 14.9 Å². The number of phenolic OH excluding ortho intramolecular Hbond substituents is 1. The van der Waals surface area contributed by atoms with Crippen molar-refractivity contribution in [2.45, 2.75) is 13.0 Å². The van der Waals surface area contributed by atoms with Gasteiger partial charge in [0.25, 0.3) is 11.7 Å². The Kier molecular flexibility index (Phi) is 5.63. The van der Waals surface area contributed by atoms with Crippen molar-refractivity contribution in [3.8, 4) is 11.5 Å². The summed E-state index contributed by atoms with van der Waals surface area (Å²) in [6.45, 7) is 1.92. The number of halogens is 1. The minimum absolute atomic E-state index is 0.0230. The second kappa shape index (κ2) is 8.40. The standard InChI is InChI=1S/C25H20ClNO5/c1-14-6-9-17(10-7-14)27-22(15-4-3-5-18(28)12-15)21(24(30)25(27)31)23(29)16-8-11-19(26)20(13-16)32-2/h3-13,22,28-29H,1-2H3/b23-21-. The number of rotatable bonds is 4. The van der Waals surface area contributed by atoms with E-state index >= 15 is 0 Å². The lowest BCUT2D eigenvalue weighted by Gasteiger charge is -2.25. The maximum absolute atomic E-state index is 13.1. The second-order valence-corrected chi connectivity index (χ2v) is 7.86. The number of ether oxygens (including phenoxy) is 1. The number of aromatic hydroxyl groups is 1. The molecule has 7 heteroatoms. The highest BCUT2D eigenvalue weighted by atomic mass is 35.5. The van der Waals surface area contributed by atoms with Gasteiger partial charge in [-0.1, -0.05) is 41.4 Å². The minimum atomic E-state index is -0.938. The lowest BCUT2D eigenvalue weighted by molar-refractivity contribution is -0.132. The summed E-state index contributed by atoms with van der Waals surface area (Å²) >= 11 is 6.09. The molecule has 2 N–H and O–H groups in total. The van der Waals surface area contributed by atoms with Crippen LogP contribution in [-0.2, 0) is 9.59 Å². The number of ketones is 1. The van der Waals surface area contributed by atoms with Gasteiger partial charge >= 0.3 is 0 Å². The molecule has 0 aromatic heterocycles. The number of aliphatic hydroxyl groups is 1. The highest BCUT2D eigenvalue weighted by Crippen LogP contribution is 2.43. The van der Waals surface area contributed by atoms with E-state index in [0.29, 0.717) is 22.0 Å². The number of hydrogen-bond donors (Lipinski definition) is 2. The third-order valence-electron chi connectivity index (χ3n) is 5.37. The average Bonchev–Trinajstić information content (AvgIpc) is 3.05. The van der Waals surface area contributed by atoms with Crippen molar-refractivity contribution in [1.82, 2.24) is 0 Å². The van der Waals surface area contributed by atoms with Crippen LogP contribution < -0.4 is 9.64 Å². The number of anilines is 1. The van der Waals surface area contributed by atoms with E-state index in [2.05, 4.69) is 0 Å². The van der Waals surface area contributed by atoms with E-state index in [1.807, 2.05) is 19.1 Å². The van der Waals surface area contributed by atoms with Gasteiger partial charge in [0, 0.05) is 11.3 Å². The number of aliphatic hydroxyl groups excluding tert-OH is 1.